The summed E-state index contributed by atoms with van der Waals surface area (Å²) < 4.78 is 12.8. The van der Waals surface area contributed by atoms with E-state index in [1.54, 1.807) is 18.2 Å². The molecule has 1 saturated carbocycles. The number of nitriles is 1. The van der Waals surface area contributed by atoms with Crippen molar-refractivity contribution in [1.82, 2.24) is 0 Å². The van der Waals surface area contributed by atoms with Crippen LogP contribution in [-0.2, 0) is 4.79 Å². The third-order valence-electron chi connectivity index (χ3n) is 5.43. The molecule has 0 aliphatic heterocycles. The van der Waals surface area contributed by atoms with Crippen molar-refractivity contribution in [3.8, 4) is 6.07 Å². The van der Waals surface area contributed by atoms with Gasteiger partial charge < -0.3 is 10.6 Å². The zero-order valence-corrected chi connectivity index (χ0v) is 21.2. The molecule has 1 fully saturated rings. The van der Waals surface area contributed by atoms with Gasteiger partial charge in [-0.05, 0) is 54.1 Å². The zero-order chi connectivity index (χ0) is 25.5. The fourth-order valence-electron chi connectivity index (χ4n) is 3.74. The summed E-state index contributed by atoms with van der Waals surface area (Å²) in [5.41, 5.74) is 0.467. The van der Waals surface area contributed by atoms with Crippen molar-refractivity contribution in [2.45, 2.75) is 10.3 Å². The van der Waals surface area contributed by atoms with Crippen LogP contribution in [0.2, 0.25) is 15.1 Å². The minimum Gasteiger partial charge on any atom is -0.326 e. The number of benzene rings is 3. The van der Waals surface area contributed by atoms with Crippen LogP contribution in [0.1, 0.15) is 27.4 Å². The van der Waals surface area contributed by atoms with E-state index >= 15 is 0 Å². The lowest BCUT2D eigenvalue weighted by molar-refractivity contribution is -0.117. The first-order valence-corrected chi connectivity index (χ1v) is 11.9. The van der Waals surface area contributed by atoms with Crippen LogP contribution in [0.5, 0.6) is 0 Å². The predicted molar refractivity (Wildman–Crippen MR) is 136 cm³/mol. The fourth-order valence-corrected chi connectivity index (χ4v) is 5.32. The van der Waals surface area contributed by atoms with Gasteiger partial charge in [0.05, 0.1) is 27.8 Å². The summed E-state index contributed by atoms with van der Waals surface area (Å²) >= 11 is 31.0. The van der Waals surface area contributed by atoms with Crippen molar-refractivity contribution in [2.75, 3.05) is 10.6 Å². The van der Waals surface area contributed by atoms with Gasteiger partial charge in [0.2, 0.25) is 5.91 Å². The van der Waals surface area contributed by atoms with Gasteiger partial charge in [0.1, 0.15) is 16.2 Å². The number of para-hydroxylation sites is 1. The van der Waals surface area contributed by atoms with E-state index in [9.17, 15) is 19.2 Å². The Labute approximate surface area is 224 Å². The van der Waals surface area contributed by atoms with Crippen molar-refractivity contribution >= 4 is 81.2 Å². The SMILES string of the molecule is N#Cc1cccc(F)c1NC(=O)c1cc(NC(=O)C2C(c3cc(Cl)cc(Cl)c3)C2(Cl)Cl)ccc1Cl. The lowest BCUT2D eigenvalue weighted by Crippen LogP contribution is -2.18. The van der Waals surface area contributed by atoms with E-state index in [-0.39, 0.29) is 27.5 Å². The number of hydrogen-bond donors (Lipinski definition) is 2. The van der Waals surface area contributed by atoms with E-state index in [0.29, 0.717) is 15.6 Å². The van der Waals surface area contributed by atoms with Crippen LogP contribution >= 0.6 is 58.0 Å². The normalized spacial score (nSPS) is 17.9. The number of carbonyl (C=O) groups is 2. The van der Waals surface area contributed by atoms with Crippen LogP contribution in [0.25, 0.3) is 0 Å². The minimum atomic E-state index is -1.39. The summed E-state index contributed by atoms with van der Waals surface area (Å²) in [7, 11) is 0. The highest BCUT2D eigenvalue weighted by atomic mass is 35.5. The molecule has 0 spiro atoms. The van der Waals surface area contributed by atoms with E-state index in [4.69, 9.17) is 58.0 Å². The molecule has 0 bridgehead atoms. The van der Waals surface area contributed by atoms with Gasteiger partial charge in [0.25, 0.3) is 5.91 Å². The van der Waals surface area contributed by atoms with Crippen molar-refractivity contribution in [1.29, 1.82) is 5.26 Å². The summed E-state index contributed by atoms with van der Waals surface area (Å²) in [5, 5.41) is 15.0. The Morgan fingerprint density at radius 1 is 0.971 bits per heavy atom. The third kappa shape index (κ3) is 5.20. The molecule has 178 valence electrons. The molecule has 2 atom stereocenters. The van der Waals surface area contributed by atoms with Crippen LogP contribution in [0, 0.1) is 23.1 Å². The molecule has 2 N–H and O–H groups in total. The Bertz CT molecular complexity index is 1390. The first-order chi connectivity index (χ1) is 16.5. The van der Waals surface area contributed by atoms with Gasteiger partial charge in [-0.15, -0.1) is 23.2 Å². The second-order valence-corrected chi connectivity index (χ2v) is 10.5. The summed E-state index contributed by atoms with van der Waals surface area (Å²) in [6, 6.07) is 14.7. The summed E-state index contributed by atoms with van der Waals surface area (Å²) in [6.45, 7) is 0. The van der Waals surface area contributed by atoms with E-state index in [0.717, 1.165) is 6.07 Å². The van der Waals surface area contributed by atoms with Gasteiger partial charge in [-0.25, -0.2) is 4.39 Å². The smallest absolute Gasteiger partial charge is 0.257 e. The molecular formula is C24H13Cl5FN3O2. The number of alkyl halides is 2. The fraction of sp³-hybridized carbons (Fsp3) is 0.125. The van der Waals surface area contributed by atoms with Crippen molar-refractivity contribution in [2.24, 2.45) is 5.92 Å². The number of rotatable bonds is 5. The standard InChI is InChI=1S/C24H13Cl5FN3O2/c25-13-6-12(7-14(26)8-13)19-20(24(19,28)29)23(35)32-15-4-5-17(27)16(9-15)22(34)33-21-11(10-31)2-1-3-18(21)30/h1-9,19-20H,(H,32,35)(H,33,34). The average molecular weight is 572 g/mol. The maximum absolute atomic E-state index is 14.2. The number of halogens is 6. The maximum Gasteiger partial charge on any atom is 0.257 e. The number of nitrogens with one attached hydrogen (secondary N) is 2. The quantitative estimate of drug-likeness (QED) is 0.313. The second-order valence-electron chi connectivity index (χ2n) is 7.74. The molecule has 0 aromatic heterocycles. The lowest BCUT2D eigenvalue weighted by atomic mass is 10.1. The number of nitrogens with zero attached hydrogens (tertiary/aromatic N) is 1. The topological polar surface area (TPSA) is 82.0 Å². The van der Waals surface area contributed by atoms with Gasteiger partial charge >= 0.3 is 0 Å². The van der Waals surface area contributed by atoms with E-state index < -0.39 is 33.8 Å². The highest BCUT2D eigenvalue weighted by molar-refractivity contribution is 6.53. The van der Waals surface area contributed by atoms with Gasteiger partial charge in [-0.1, -0.05) is 40.9 Å². The van der Waals surface area contributed by atoms with Crippen molar-refractivity contribution in [3.63, 3.8) is 0 Å². The molecule has 0 heterocycles. The molecule has 4 rings (SSSR count). The Kier molecular flexibility index (Phi) is 7.19. The molecule has 11 heteroatoms. The zero-order valence-electron chi connectivity index (χ0n) is 17.4. The molecule has 1 aliphatic rings. The van der Waals surface area contributed by atoms with Gasteiger partial charge in [-0.3, -0.25) is 9.59 Å². The molecule has 35 heavy (non-hydrogen) atoms. The molecular weight excluding hydrogens is 559 g/mol. The van der Waals surface area contributed by atoms with Crippen LogP contribution in [0.3, 0.4) is 0 Å². The maximum atomic E-state index is 14.2. The van der Waals surface area contributed by atoms with E-state index in [1.807, 2.05) is 6.07 Å². The largest absolute Gasteiger partial charge is 0.326 e. The average Bonchev–Trinajstić information content (AvgIpc) is 3.37. The minimum absolute atomic E-state index is 0.0476. The van der Waals surface area contributed by atoms with Crippen LogP contribution in [-0.4, -0.2) is 16.1 Å². The monoisotopic (exact) mass is 569 g/mol. The molecule has 0 saturated heterocycles. The molecule has 2 unspecified atom stereocenters. The van der Waals surface area contributed by atoms with Crippen LogP contribution in [0.4, 0.5) is 15.8 Å². The summed E-state index contributed by atoms with van der Waals surface area (Å²) in [5.74, 6) is -3.41. The highest BCUT2D eigenvalue weighted by Gasteiger charge is 2.67. The van der Waals surface area contributed by atoms with Gasteiger partial charge in [0.15, 0.2) is 0 Å². The summed E-state index contributed by atoms with van der Waals surface area (Å²) in [4.78, 5) is 25.8. The Morgan fingerprint density at radius 3 is 2.31 bits per heavy atom. The van der Waals surface area contributed by atoms with Crippen LogP contribution in [0.15, 0.2) is 54.6 Å². The van der Waals surface area contributed by atoms with Crippen LogP contribution < -0.4 is 10.6 Å². The Balaban J connectivity index is 1.54. The molecule has 3 aromatic rings. The first kappa shape index (κ1) is 25.6. The molecule has 5 nitrogen and oxygen atoms in total. The third-order valence-corrected chi connectivity index (χ3v) is 7.14. The summed E-state index contributed by atoms with van der Waals surface area (Å²) in [6.07, 6.45) is 0. The number of anilines is 2. The first-order valence-electron chi connectivity index (χ1n) is 9.97. The van der Waals surface area contributed by atoms with Crippen molar-refractivity contribution in [3.05, 3.63) is 92.2 Å². The highest BCUT2D eigenvalue weighted by Crippen LogP contribution is 2.65. The predicted octanol–water partition coefficient (Wildman–Crippen LogP) is 7.44. The lowest BCUT2D eigenvalue weighted by Gasteiger charge is -2.11. The molecule has 2 amide bonds. The second kappa shape index (κ2) is 9.85. The van der Waals surface area contributed by atoms with E-state index in [1.165, 1.54) is 30.3 Å². The number of hydrogen-bond acceptors (Lipinski definition) is 3. The Hall–Kier alpha value is -2.53. The molecule has 0 radical (unpaired) electrons. The Morgan fingerprint density at radius 2 is 1.66 bits per heavy atom. The molecule has 3 aromatic carbocycles. The van der Waals surface area contributed by atoms with Gasteiger partial charge in [-0.2, -0.15) is 5.26 Å². The van der Waals surface area contributed by atoms with Gasteiger partial charge in [0, 0.05) is 21.7 Å². The van der Waals surface area contributed by atoms with E-state index in [2.05, 4.69) is 10.6 Å². The number of carbonyl (C=O) groups excluding carboxylic acids is 2. The molecule has 1 aliphatic carbocycles. The number of amides is 2. The van der Waals surface area contributed by atoms with Crippen molar-refractivity contribution < 1.29 is 14.0 Å².